The molecule has 2 aliphatic heterocycles. The van der Waals surface area contributed by atoms with Crippen LogP contribution in [0.1, 0.15) is 77.3 Å². The van der Waals surface area contributed by atoms with E-state index in [1.807, 2.05) is 36.4 Å². The fraction of sp³-hybridized carbons (Fsp3) is 0.484. The molecule has 1 saturated carbocycles. The normalized spacial score (nSPS) is 32.3. The van der Waals surface area contributed by atoms with Crippen LogP contribution in [0.4, 0.5) is 0 Å². The third-order valence-corrected chi connectivity index (χ3v) is 8.70. The molecule has 2 fully saturated rings. The van der Waals surface area contributed by atoms with Crippen LogP contribution in [0.5, 0.6) is 0 Å². The Bertz CT molecular complexity index is 1200. The van der Waals surface area contributed by atoms with Crippen molar-refractivity contribution in [3.05, 3.63) is 83.1 Å². The van der Waals surface area contributed by atoms with Gasteiger partial charge in [-0.25, -0.2) is 0 Å². The summed E-state index contributed by atoms with van der Waals surface area (Å²) in [5.74, 6) is -0.0888. The lowest BCUT2D eigenvalue weighted by Crippen LogP contribution is -2.61. The molecular formula is C31H34O4. The zero-order chi connectivity index (χ0) is 24.7. The molecule has 6 rings (SSSR count). The van der Waals surface area contributed by atoms with E-state index in [1.54, 1.807) is 0 Å². The summed E-state index contributed by atoms with van der Waals surface area (Å²) >= 11 is 0. The lowest BCUT2D eigenvalue weighted by Gasteiger charge is -2.55. The summed E-state index contributed by atoms with van der Waals surface area (Å²) in [6, 6.07) is 20.4. The van der Waals surface area contributed by atoms with Crippen LogP contribution in [0.3, 0.4) is 0 Å². The first-order valence-electron chi connectivity index (χ1n) is 12.8. The predicted octanol–water partition coefficient (Wildman–Crippen LogP) is 6.49. The SMILES string of the molecule is CC1(C)CC(=O)C2=C(C1)O[C@]13CC(C)(C)CC(=O)[C@@]1(C2)CC(c1ccccc1)(c1ccccc1)O3. The molecule has 0 amide bonds. The molecule has 0 aromatic heterocycles. The second kappa shape index (κ2) is 7.16. The van der Waals surface area contributed by atoms with Crippen LogP contribution in [0.15, 0.2) is 72.0 Å². The minimum atomic E-state index is -1.11. The lowest BCUT2D eigenvalue weighted by molar-refractivity contribution is -0.291. The summed E-state index contributed by atoms with van der Waals surface area (Å²) in [7, 11) is 0. The molecule has 0 bridgehead atoms. The van der Waals surface area contributed by atoms with Crippen molar-refractivity contribution in [2.45, 2.75) is 77.6 Å². The molecule has 0 radical (unpaired) electrons. The maximum atomic E-state index is 14.2. The number of carbonyl (C=O) groups is 2. The van der Waals surface area contributed by atoms with Gasteiger partial charge in [0, 0.05) is 37.7 Å². The largest absolute Gasteiger partial charge is 0.465 e. The smallest absolute Gasteiger partial charge is 0.224 e. The van der Waals surface area contributed by atoms with Gasteiger partial charge < -0.3 is 9.47 Å². The van der Waals surface area contributed by atoms with Crippen molar-refractivity contribution in [3.8, 4) is 0 Å². The maximum Gasteiger partial charge on any atom is 0.224 e. The van der Waals surface area contributed by atoms with Crippen molar-refractivity contribution in [2.75, 3.05) is 0 Å². The highest BCUT2D eigenvalue weighted by Crippen LogP contribution is 2.70. The van der Waals surface area contributed by atoms with Gasteiger partial charge in [0.25, 0.3) is 0 Å². The van der Waals surface area contributed by atoms with E-state index >= 15 is 0 Å². The van der Waals surface area contributed by atoms with Crippen molar-refractivity contribution >= 4 is 11.6 Å². The number of ketones is 2. The number of Topliss-reactive ketones (excluding diaryl/α,β-unsaturated/α-hetero) is 2. The monoisotopic (exact) mass is 470 g/mol. The van der Waals surface area contributed by atoms with Crippen molar-refractivity contribution in [3.63, 3.8) is 0 Å². The second-order valence-corrected chi connectivity index (χ2v) is 12.7. The van der Waals surface area contributed by atoms with Crippen molar-refractivity contribution in [1.29, 1.82) is 0 Å². The predicted molar refractivity (Wildman–Crippen MR) is 133 cm³/mol. The number of hydrogen-bond acceptors (Lipinski definition) is 4. The van der Waals surface area contributed by atoms with Crippen LogP contribution >= 0.6 is 0 Å². The Morgan fingerprint density at radius 3 is 1.89 bits per heavy atom. The minimum Gasteiger partial charge on any atom is -0.465 e. The van der Waals surface area contributed by atoms with Crippen LogP contribution in [-0.2, 0) is 24.7 Å². The van der Waals surface area contributed by atoms with Crippen LogP contribution in [-0.4, -0.2) is 17.4 Å². The molecule has 2 aliphatic carbocycles. The molecule has 2 atom stereocenters. The third kappa shape index (κ3) is 3.22. The molecule has 2 heterocycles. The van der Waals surface area contributed by atoms with E-state index in [0.29, 0.717) is 44.1 Å². The molecule has 4 heteroatoms. The quantitative estimate of drug-likeness (QED) is 0.504. The average molecular weight is 471 g/mol. The van der Waals surface area contributed by atoms with E-state index in [1.165, 1.54) is 0 Å². The highest BCUT2D eigenvalue weighted by atomic mass is 16.7. The van der Waals surface area contributed by atoms with Gasteiger partial charge in [0.05, 0.1) is 0 Å². The van der Waals surface area contributed by atoms with Crippen LogP contribution in [0, 0.1) is 16.2 Å². The van der Waals surface area contributed by atoms with Crippen LogP contribution in [0.25, 0.3) is 0 Å². The Hall–Kier alpha value is -2.72. The van der Waals surface area contributed by atoms with Crippen LogP contribution in [0.2, 0.25) is 0 Å². The Labute approximate surface area is 207 Å². The topological polar surface area (TPSA) is 52.6 Å². The van der Waals surface area contributed by atoms with Crippen molar-refractivity contribution in [1.82, 2.24) is 0 Å². The Kier molecular flexibility index (Phi) is 4.65. The van der Waals surface area contributed by atoms with Gasteiger partial charge in [0.2, 0.25) is 5.79 Å². The van der Waals surface area contributed by atoms with Gasteiger partial charge in [0.1, 0.15) is 22.6 Å². The molecule has 2 aromatic carbocycles. The highest BCUT2D eigenvalue weighted by molar-refractivity contribution is 5.99. The van der Waals surface area contributed by atoms with Crippen LogP contribution < -0.4 is 0 Å². The van der Waals surface area contributed by atoms with Crippen molar-refractivity contribution in [2.24, 2.45) is 16.2 Å². The molecule has 2 aromatic rings. The summed E-state index contributed by atoms with van der Waals surface area (Å²) in [4.78, 5) is 27.6. The van der Waals surface area contributed by atoms with Gasteiger partial charge >= 0.3 is 0 Å². The fourth-order valence-electron chi connectivity index (χ4n) is 7.24. The maximum absolute atomic E-state index is 14.2. The van der Waals surface area contributed by atoms with Gasteiger partial charge in [0.15, 0.2) is 5.78 Å². The van der Waals surface area contributed by atoms with Gasteiger partial charge in [-0.1, -0.05) is 88.4 Å². The number of allylic oxidation sites excluding steroid dienone is 2. The van der Waals surface area contributed by atoms with Crippen molar-refractivity contribution < 1.29 is 19.1 Å². The third-order valence-electron chi connectivity index (χ3n) is 8.70. The van der Waals surface area contributed by atoms with E-state index in [2.05, 4.69) is 52.0 Å². The van der Waals surface area contributed by atoms with E-state index in [0.717, 1.165) is 16.9 Å². The average Bonchev–Trinajstić information content (AvgIpc) is 3.10. The zero-order valence-corrected chi connectivity index (χ0v) is 21.1. The molecular weight excluding hydrogens is 436 g/mol. The van der Waals surface area contributed by atoms with Gasteiger partial charge in [-0.3, -0.25) is 9.59 Å². The molecule has 182 valence electrons. The number of carbonyl (C=O) groups excluding carboxylic acids is 2. The molecule has 1 saturated heterocycles. The van der Waals surface area contributed by atoms with Gasteiger partial charge in [-0.15, -0.1) is 0 Å². The number of ether oxygens (including phenoxy) is 2. The Morgan fingerprint density at radius 2 is 1.29 bits per heavy atom. The van der Waals surface area contributed by atoms with E-state index < -0.39 is 16.8 Å². The lowest BCUT2D eigenvalue weighted by atomic mass is 9.54. The molecule has 0 N–H and O–H groups in total. The molecule has 35 heavy (non-hydrogen) atoms. The Morgan fingerprint density at radius 1 is 0.686 bits per heavy atom. The standard InChI is InChI=1S/C31H34O4/c1-27(2)16-24(32)23-15-29-20-30(21-11-7-5-8-12-21,22-13-9-6-10-14-22)35-31(29,34-25(23)17-27)19-28(3,4)18-26(29)33/h5-14H,15-20H2,1-4H3/t29-,31+/m1/s1. The summed E-state index contributed by atoms with van der Waals surface area (Å²) in [5, 5.41) is 0. The molecule has 4 nitrogen and oxygen atoms in total. The van der Waals surface area contributed by atoms with Gasteiger partial charge in [-0.05, 0) is 28.4 Å². The number of benzene rings is 2. The molecule has 0 unspecified atom stereocenters. The van der Waals surface area contributed by atoms with Gasteiger partial charge in [-0.2, -0.15) is 0 Å². The molecule has 4 aliphatic rings. The summed E-state index contributed by atoms with van der Waals surface area (Å²) in [6.07, 6.45) is 3.13. The highest BCUT2D eigenvalue weighted by Gasteiger charge is 2.75. The van der Waals surface area contributed by atoms with E-state index in [-0.39, 0.29) is 22.4 Å². The summed E-state index contributed by atoms with van der Waals surface area (Å²) < 4.78 is 14.2. The summed E-state index contributed by atoms with van der Waals surface area (Å²) in [5.41, 5.74) is 0.565. The number of rotatable bonds is 2. The first kappa shape index (κ1) is 22.7. The van der Waals surface area contributed by atoms with E-state index in [9.17, 15) is 9.59 Å². The minimum absolute atomic E-state index is 0.119. The fourth-order valence-corrected chi connectivity index (χ4v) is 7.24. The molecule has 0 spiro atoms. The second-order valence-electron chi connectivity index (χ2n) is 12.7. The number of hydrogen-bond donors (Lipinski definition) is 0. The zero-order valence-electron chi connectivity index (χ0n) is 21.1. The van der Waals surface area contributed by atoms with E-state index in [4.69, 9.17) is 9.47 Å². The Balaban J connectivity index is 1.59. The first-order valence-corrected chi connectivity index (χ1v) is 12.8. The first-order chi connectivity index (χ1) is 16.5. The summed E-state index contributed by atoms with van der Waals surface area (Å²) in [6.45, 7) is 8.48.